The summed E-state index contributed by atoms with van der Waals surface area (Å²) in [7, 11) is 4.02. The summed E-state index contributed by atoms with van der Waals surface area (Å²) in [5, 5.41) is 22.1. The number of rotatable bonds is 8. The molecule has 0 amide bonds. The summed E-state index contributed by atoms with van der Waals surface area (Å²) in [5.74, 6) is 0.430. The van der Waals surface area contributed by atoms with E-state index in [1.165, 1.54) is 15.9 Å². The molecule has 13 heteroatoms. The van der Waals surface area contributed by atoms with Gasteiger partial charge in [0.1, 0.15) is 35.6 Å². The van der Waals surface area contributed by atoms with Gasteiger partial charge in [-0.25, -0.2) is 14.8 Å². The molecule has 230 valence electrons. The molecule has 45 heavy (non-hydrogen) atoms. The average Bonchev–Trinajstić information content (AvgIpc) is 3.47. The molecular weight excluding hydrogens is 614 g/mol. The standard InChI is InChI=1S/C32H30ClN7O4S/c1-18-37-25-16-36-30(39(3)20-7-10-38(2)11-8-20)23(15-34)27(25)31(41)40(18)12-13-44-26-5-4-19(33)14-22(26)21-6-9-35-28-24(32(42)43)17-45-29(21)28/h4-6,9,14,16-17,20H,7-8,10-13H2,1-3H3,(H,42,43). The normalized spacial score (nSPS) is 14.1. The Bertz CT molecular complexity index is 2050. The number of fused-ring (bicyclic) bond motifs is 2. The van der Waals surface area contributed by atoms with Crippen LogP contribution < -0.4 is 15.2 Å². The Hall–Kier alpha value is -4.57. The van der Waals surface area contributed by atoms with Crippen molar-refractivity contribution in [2.75, 3.05) is 38.7 Å². The first-order valence-corrected chi connectivity index (χ1v) is 15.7. The molecule has 0 bridgehead atoms. The number of benzene rings is 1. The SMILES string of the molecule is Cc1nc2cnc(N(C)C3CCN(C)CC3)c(C#N)c2c(=O)n1CCOc1ccc(Cl)cc1-c1ccnc2c(C(=O)O)csc12. The number of pyridine rings is 2. The predicted molar refractivity (Wildman–Crippen MR) is 175 cm³/mol. The van der Waals surface area contributed by atoms with Crippen LogP contribution >= 0.6 is 22.9 Å². The van der Waals surface area contributed by atoms with Crippen LogP contribution in [0, 0.1) is 18.3 Å². The second-order valence-electron chi connectivity index (χ2n) is 11.1. The molecular formula is C32H30ClN7O4S. The van der Waals surface area contributed by atoms with Crippen molar-refractivity contribution in [3.63, 3.8) is 0 Å². The zero-order valence-corrected chi connectivity index (χ0v) is 26.5. The molecule has 5 heterocycles. The number of carboxylic acid groups (broad SMARTS) is 1. The number of carbonyl (C=O) groups is 1. The van der Waals surface area contributed by atoms with Gasteiger partial charge in [-0.15, -0.1) is 11.3 Å². The van der Waals surface area contributed by atoms with Gasteiger partial charge in [-0.2, -0.15) is 5.26 Å². The number of nitrogens with zero attached hydrogens (tertiary/aromatic N) is 7. The van der Waals surface area contributed by atoms with E-state index in [1.54, 1.807) is 49.0 Å². The van der Waals surface area contributed by atoms with E-state index in [1.807, 2.05) is 11.9 Å². The number of aromatic nitrogens is 4. The maximum Gasteiger partial charge on any atom is 0.338 e. The van der Waals surface area contributed by atoms with Crippen molar-refractivity contribution < 1.29 is 14.6 Å². The van der Waals surface area contributed by atoms with Crippen LogP contribution in [-0.4, -0.2) is 75.3 Å². The number of anilines is 1. The molecule has 11 nitrogen and oxygen atoms in total. The highest BCUT2D eigenvalue weighted by molar-refractivity contribution is 7.18. The van der Waals surface area contributed by atoms with E-state index in [2.05, 4.69) is 33.0 Å². The number of carboxylic acids is 1. The van der Waals surface area contributed by atoms with Gasteiger partial charge in [0.2, 0.25) is 0 Å². The van der Waals surface area contributed by atoms with Crippen LogP contribution in [0.25, 0.3) is 32.2 Å². The molecule has 4 aromatic heterocycles. The van der Waals surface area contributed by atoms with Crippen molar-refractivity contribution in [1.82, 2.24) is 24.4 Å². The van der Waals surface area contributed by atoms with Gasteiger partial charge >= 0.3 is 5.97 Å². The predicted octanol–water partition coefficient (Wildman–Crippen LogP) is 5.21. The summed E-state index contributed by atoms with van der Waals surface area (Å²) in [6.07, 6.45) is 5.01. The van der Waals surface area contributed by atoms with Gasteiger partial charge in [-0.05, 0) is 64.2 Å². The monoisotopic (exact) mass is 643 g/mol. The van der Waals surface area contributed by atoms with Gasteiger partial charge in [-0.1, -0.05) is 11.6 Å². The number of aryl methyl sites for hydroxylation is 1. The summed E-state index contributed by atoms with van der Waals surface area (Å²) in [5.41, 5.74) is 2.21. The number of aromatic carboxylic acids is 1. The van der Waals surface area contributed by atoms with Gasteiger partial charge < -0.3 is 19.6 Å². The Morgan fingerprint density at radius 2 is 2.02 bits per heavy atom. The second-order valence-corrected chi connectivity index (χ2v) is 12.4. The minimum Gasteiger partial charge on any atom is -0.491 e. The molecule has 1 aliphatic heterocycles. The van der Waals surface area contributed by atoms with Crippen LogP contribution in [0.4, 0.5) is 5.82 Å². The maximum absolute atomic E-state index is 13.9. The molecule has 0 atom stereocenters. The van der Waals surface area contributed by atoms with E-state index in [9.17, 15) is 20.0 Å². The van der Waals surface area contributed by atoms with Crippen molar-refractivity contribution in [3.8, 4) is 22.9 Å². The fraction of sp³-hybridized carbons (Fsp3) is 0.312. The lowest BCUT2D eigenvalue weighted by Gasteiger charge is -2.36. The summed E-state index contributed by atoms with van der Waals surface area (Å²) < 4.78 is 8.43. The minimum absolute atomic E-state index is 0.122. The molecule has 0 spiro atoms. The molecule has 1 aromatic carbocycles. The lowest BCUT2D eigenvalue weighted by molar-refractivity contribution is 0.0699. The van der Waals surface area contributed by atoms with Gasteiger partial charge in [0.05, 0.1) is 39.4 Å². The zero-order chi connectivity index (χ0) is 31.8. The molecule has 0 radical (unpaired) electrons. The fourth-order valence-corrected chi connectivity index (χ4v) is 7.08. The van der Waals surface area contributed by atoms with Crippen LogP contribution in [0.2, 0.25) is 5.02 Å². The molecule has 1 fully saturated rings. The fourth-order valence-electron chi connectivity index (χ4n) is 5.88. The Balaban J connectivity index is 1.31. The van der Waals surface area contributed by atoms with Crippen LogP contribution in [-0.2, 0) is 6.54 Å². The molecule has 0 aliphatic carbocycles. The zero-order valence-electron chi connectivity index (χ0n) is 25.0. The lowest BCUT2D eigenvalue weighted by atomic mass is 10.0. The Labute approximate surface area is 267 Å². The largest absolute Gasteiger partial charge is 0.491 e. The van der Waals surface area contributed by atoms with Gasteiger partial charge in [0.25, 0.3) is 5.56 Å². The Kier molecular flexibility index (Phi) is 8.42. The van der Waals surface area contributed by atoms with E-state index in [0.717, 1.165) is 31.5 Å². The number of ether oxygens (including phenoxy) is 1. The smallest absolute Gasteiger partial charge is 0.338 e. The second kappa shape index (κ2) is 12.4. The first-order valence-electron chi connectivity index (χ1n) is 14.4. The number of nitriles is 1. The number of likely N-dealkylation sites (tertiary alicyclic amines) is 1. The van der Waals surface area contributed by atoms with E-state index in [4.69, 9.17) is 16.3 Å². The molecule has 1 aliphatic rings. The highest BCUT2D eigenvalue weighted by atomic mass is 35.5. The van der Waals surface area contributed by atoms with E-state index < -0.39 is 5.97 Å². The molecule has 5 aromatic rings. The number of hydrogen-bond donors (Lipinski definition) is 1. The quantitative estimate of drug-likeness (QED) is 0.240. The van der Waals surface area contributed by atoms with E-state index in [-0.39, 0.29) is 41.3 Å². The minimum atomic E-state index is -1.05. The average molecular weight is 644 g/mol. The van der Waals surface area contributed by atoms with Crippen molar-refractivity contribution in [3.05, 3.63) is 74.4 Å². The summed E-state index contributed by atoms with van der Waals surface area (Å²) in [6, 6.07) is 9.46. The molecule has 6 rings (SSSR count). The Morgan fingerprint density at radius 1 is 1.24 bits per heavy atom. The van der Waals surface area contributed by atoms with Crippen molar-refractivity contribution >= 4 is 55.8 Å². The first kappa shape index (κ1) is 30.5. The number of thiophene rings is 1. The summed E-state index contributed by atoms with van der Waals surface area (Å²) in [6.45, 7) is 3.95. The summed E-state index contributed by atoms with van der Waals surface area (Å²) >= 11 is 7.65. The van der Waals surface area contributed by atoms with Crippen LogP contribution in [0.1, 0.15) is 34.6 Å². The first-order chi connectivity index (χ1) is 21.7. The third-order valence-electron chi connectivity index (χ3n) is 8.34. The van der Waals surface area contributed by atoms with Crippen LogP contribution in [0.15, 0.2) is 46.8 Å². The Morgan fingerprint density at radius 3 is 2.76 bits per heavy atom. The van der Waals surface area contributed by atoms with Crippen molar-refractivity contribution in [2.45, 2.75) is 32.4 Å². The van der Waals surface area contributed by atoms with E-state index in [0.29, 0.717) is 43.7 Å². The highest BCUT2D eigenvalue weighted by Crippen LogP contribution is 2.39. The molecule has 1 N–H and O–H groups in total. The number of piperidine rings is 1. The summed E-state index contributed by atoms with van der Waals surface area (Å²) in [4.78, 5) is 43.4. The highest BCUT2D eigenvalue weighted by Gasteiger charge is 2.26. The maximum atomic E-state index is 13.9. The molecule has 0 unspecified atom stereocenters. The molecule has 0 saturated carbocycles. The van der Waals surface area contributed by atoms with Crippen molar-refractivity contribution in [2.24, 2.45) is 0 Å². The van der Waals surface area contributed by atoms with Crippen LogP contribution in [0.3, 0.4) is 0 Å². The third kappa shape index (κ3) is 5.70. The topological polar surface area (TPSA) is 137 Å². The van der Waals surface area contributed by atoms with E-state index >= 15 is 0 Å². The van der Waals surface area contributed by atoms with Gasteiger partial charge in [-0.3, -0.25) is 14.3 Å². The van der Waals surface area contributed by atoms with Gasteiger partial charge in [0.15, 0.2) is 0 Å². The molecule has 1 saturated heterocycles. The number of halogens is 1. The van der Waals surface area contributed by atoms with Gasteiger partial charge in [0, 0.05) is 40.8 Å². The van der Waals surface area contributed by atoms with Crippen LogP contribution in [0.5, 0.6) is 5.75 Å². The lowest BCUT2D eigenvalue weighted by Crippen LogP contribution is -2.42. The van der Waals surface area contributed by atoms with Crippen molar-refractivity contribution in [1.29, 1.82) is 5.26 Å². The third-order valence-corrected chi connectivity index (χ3v) is 9.58. The number of hydrogen-bond acceptors (Lipinski definition) is 10.